The van der Waals surface area contributed by atoms with Gasteiger partial charge in [0.15, 0.2) is 0 Å². The molecule has 26 heavy (non-hydrogen) atoms. The van der Waals surface area contributed by atoms with Crippen LogP contribution in [0, 0.1) is 0 Å². The molecular weight excluding hydrogens is 326 g/mol. The van der Waals surface area contributed by atoms with Crippen molar-refractivity contribution in [1.82, 2.24) is 5.32 Å². The van der Waals surface area contributed by atoms with Gasteiger partial charge in [0.1, 0.15) is 11.5 Å². The van der Waals surface area contributed by atoms with Gasteiger partial charge < -0.3 is 14.8 Å². The van der Waals surface area contributed by atoms with Gasteiger partial charge in [0.05, 0.1) is 14.2 Å². The number of hydrogen-bond donors (Lipinski definition) is 1. The molecule has 3 aromatic carbocycles. The minimum atomic E-state index is -0.0206. The molecule has 3 rings (SSSR count). The molecule has 0 fully saturated rings. The van der Waals surface area contributed by atoms with Crippen molar-refractivity contribution in [3.63, 3.8) is 0 Å². The van der Waals surface area contributed by atoms with Crippen molar-refractivity contribution >= 4 is 16.7 Å². The number of amides is 1. The lowest BCUT2D eigenvalue weighted by Crippen LogP contribution is -2.22. The van der Waals surface area contributed by atoms with Crippen molar-refractivity contribution in [2.24, 2.45) is 0 Å². The van der Waals surface area contributed by atoms with E-state index < -0.39 is 0 Å². The maximum absolute atomic E-state index is 11.2. The number of carbonyl (C=O) groups excluding carboxylic acids is 1. The van der Waals surface area contributed by atoms with Gasteiger partial charge in [-0.2, -0.15) is 0 Å². The molecule has 1 amide bonds. The lowest BCUT2D eigenvalue weighted by atomic mass is 9.94. The first-order valence-electron chi connectivity index (χ1n) is 8.61. The Morgan fingerprint density at radius 3 is 2.54 bits per heavy atom. The first-order valence-corrected chi connectivity index (χ1v) is 8.61. The van der Waals surface area contributed by atoms with E-state index in [1.807, 2.05) is 30.3 Å². The topological polar surface area (TPSA) is 47.6 Å². The van der Waals surface area contributed by atoms with Gasteiger partial charge >= 0.3 is 0 Å². The zero-order valence-electron chi connectivity index (χ0n) is 15.3. The summed E-state index contributed by atoms with van der Waals surface area (Å²) in [6, 6.07) is 18.4. The van der Waals surface area contributed by atoms with E-state index in [-0.39, 0.29) is 5.91 Å². The van der Waals surface area contributed by atoms with Gasteiger partial charge in [0.2, 0.25) is 5.91 Å². The van der Waals surface area contributed by atoms with Crippen LogP contribution in [0.4, 0.5) is 0 Å². The number of methoxy groups -OCH3 is 2. The largest absolute Gasteiger partial charge is 0.497 e. The van der Waals surface area contributed by atoms with Gasteiger partial charge in [-0.25, -0.2) is 0 Å². The Kier molecular flexibility index (Phi) is 5.42. The molecule has 4 nitrogen and oxygen atoms in total. The molecule has 1 N–H and O–H groups in total. The zero-order chi connectivity index (χ0) is 18.5. The predicted molar refractivity (Wildman–Crippen MR) is 105 cm³/mol. The first kappa shape index (κ1) is 17.8. The molecule has 0 radical (unpaired) electrons. The third-order valence-corrected chi connectivity index (χ3v) is 4.43. The monoisotopic (exact) mass is 349 g/mol. The fraction of sp³-hybridized carbons (Fsp3) is 0.227. The highest BCUT2D eigenvalue weighted by molar-refractivity contribution is 5.92. The van der Waals surface area contributed by atoms with Crippen molar-refractivity contribution in [2.45, 2.75) is 13.3 Å². The Morgan fingerprint density at radius 2 is 1.81 bits per heavy atom. The number of para-hydroxylation sites is 1. The Balaban J connectivity index is 2.11. The van der Waals surface area contributed by atoms with Crippen LogP contribution in [0.2, 0.25) is 0 Å². The summed E-state index contributed by atoms with van der Waals surface area (Å²) in [6.45, 7) is 2.13. The molecule has 0 aromatic heterocycles. The molecule has 0 heterocycles. The Morgan fingerprint density at radius 1 is 1.00 bits per heavy atom. The molecule has 4 heteroatoms. The quantitative estimate of drug-likeness (QED) is 0.725. The predicted octanol–water partition coefficient (Wildman–Crippen LogP) is 4.20. The summed E-state index contributed by atoms with van der Waals surface area (Å²) in [5.74, 6) is 1.64. The third kappa shape index (κ3) is 3.80. The summed E-state index contributed by atoms with van der Waals surface area (Å²) in [5.41, 5.74) is 3.31. The van der Waals surface area contributed by atoms with Crippen LogP contribution in [-0.4, -0.2) is 26.7 Å². The van der Waals surface area contributed by atoms with E-state index >= 15 is 0 Å². The average Bonchev–Trinajstić information content (AvgIpc) is 2.67. The Hall–Kier alpha value is -3.01. The highest BCUT2D eigenvalue weighted by Crippen LogP contribution is 2.34. The maximum atomic E-state index is 11.2. The molecule has 0 aliphatic heterocycles. The zero-order valence-corrected chi connectivity index (χ0v) is 15.3. The van der Waals surface area contributed by atoms with Crippen LogP contribution in [0.5, 0.6) is 11.5 Å². The van der Waals surface area contributed by atoms with Crippen molar-refractivity contribution < 1.29 is 14.3 Å². The molecule has 0 unspecified atom stereocenters. The molecule has 0 bridgehead atoms. The van der Waals surface area contributed by atoms with Gasteiger partial charge in [0.25, 0.3) is 0 Å². The fourth-order valence-corrected chi connectivity index (χ4v) is 3.16. The highest BCUT2D eigenvalue weighted by atomic mass is 16.5. The molecule has 0 spiro atoms. The summed E-state index contributed by atoms with van der Waals surface area (Å²) in [6.07, 6.45) is 0.742. The van der Waals surface area contributed by atoms with Crippen LogP contribution in [0.25, 0.3) is 21.9 Å². The standard InChI is InChI=1S/C22H23NO3/c1-15(24)23-11-10-17-13-18(20-6-4-5-7-22(20)26-3)12-16-8-9-19(25-2)14-21(16)17/h4-9,12-14H,10-11H2,1-3H3,(H,23,24). The van der Waals surface area contributed by atoms with E-state index in [1.54, 1.807) is 14.2 Å². The van der Waals surface area contributed by atoms with Gasteiger partial charge in [-0.15, -0.1) is 0 Å². The second-order valence-corrected chi connectivity index (χ2v) is 6.16. The minimum Gasteiger partial charge on any atom is -0.497 e. The maximum Gasteiger partial charge on any atom is 0.216 e. The summed E-state index contributed by atoms with van der Waals surface area (Å²) >= 11 is 0. The van der Waals surface area contributed by atoms with Crippen molar-refractivity contribution in [1.29, 1.82) is 0 Å². The van der Waals surface area contributed by atoms with Crippen LogP contribution in [0.15, 0.2) is 54.6 Å². The molecular formula is C22H23NO3. The first-order chi connectivity index (χ1) is 12.6. The average molecular weight is 349 g/mol. The van der Waals surface area contributed by atoms with E-state index in [9.17, 15) is 4.79 Å². The molecule has 0 saturated carbocycles. The molecule has 3 aromatic rings. The molecule has 0 saturated heterocycles. The number of hydrogen-bond acceptors (Lipinski definition) is 3. The third-order valence-electron chi connectivity index (χ3n) is 4.43. The number of benzene rings is 3. The van der Waals surface area contributed by atoms with E-state index in [1.165, 1.54) is 6.92 Å². The number of fused-ring (bicyclic) bond motifs is 1. The smallest absolute Gasteiger partial charge is 0.216 e. The number of carbonyl (C=O) groups is 1. The summed E-state index contributed by atoms with van der Waals surface area (Å²) in [7, 11) is 3.35. The van der Waals surface area contributed by atoms with Crippen LogP contribution in [0.1, 0.15) is 12.5 Å². The molecule has 0 aliphatic rings. The second kappa shape index (κ2) is 7.91. The van der Waals surface area contributed by atoms with Gasteiger partial charge in [-0.05, 0) is 52.6 Å². The van der Waals surface area contributed by atoms with Crippen LogP contribution < -0.4 is 14.8 Å². The highest BCUT2D eigenvalue weighted by Gasteiger charge is 2.10. The van der Waals surface area contributed by atoms with E-state index in [0.29, 0.717) is 6.54 Å². The van der Waals surface area contributed by atoms with E-state index in [0.717, 1.165) is 45.4 Å². The van der Waals surface area contributed by atoms with E-state index in [2.05, 4.69) is 29.6 Å². The Bertz CT molecular complexity index is 934. The fourth-order valence-electron chi connectivity index (χ4n) is 3.16. The number of ether oxygens (including phenoxy) is 2. The van der Waals surface area contributed by atoms with Gasteiger partial charge in [-0.3, -0.25) is 4.79 Å². The molecule has 0 atom stereocenters. The van der Waals surface area contributed by atoms with E-state index in [4.69, 9.17) is 9.47 Å². The summed E-state index contributed by atoms with van der Waals surface area (Å²) in [5, 5.41) is 5.14. The van der Waals surface area contributed by atoms with Crippen molar-refractivity contribution in [2.75, 3.05) is 20.8 Å². The van der Waals surface area contributed by atoms with Crippen LogP contribution in [0.3, 0.4) is 0 Å². The van der Waals surface area contributed by atoms with Crippen LogP contribution in [-0.2, 0) is 11.2 Å². The van der Waals surface area contributed by atoms with Crippen molar-refractivity contribution in [3.05, 3.63) is 60.2 Å². The van der Waals surface area contributed by atoms with Gasteiger partial charge in [0, 0.05) is 19.0 Å². The lowest BCUT2D eigenvalue weighted by Gasteiger charge is -2.14. The number of nitrogens with one attached hydrogen (secondary N) is 1. The van der Waals surface area contributed by atoms with Crippen molar-refractivity contribution in [3.8, 4) is 22.6 Å². The van der Waals surface area contributed by atoms with Crippen LogP contribution >= 0.6 is 0 Å². The minimum absolute atomic E-state index is 0.0206. The molecule has 134 valence electrons. The Labute approximate surface area is 153 Å². The van der Waals surface area contributed by atoms with Gasteiger partial charge in [-0.1, -0.05) is 30.3 Å². The summed E-state index contributed by atoms with van der Waals surface area (Å²) < 4.78 is 10.9. The normalized spacial score (nSPS) is 10.6. The lowest BCUT2D eigenvalue weighted by molar-refractivity contribution is -0.118. The second-order valence-electron chi connectivity index (χ2n) is 6.16. The molecule has 0 aliphatic carbocycles. The SMILES string of the molecule is COc1ccc2cc(-c3ccccc3OC)cc(CCNC(C)=O)c2c1. The summed E-state index contributed by atoms with van der Waals surface area (Å²) in [4.78, 5) is 11.2. The number of rotatable bonds is 6.